The molecule has 0 spiro atoms. The summed E-state index contributed by atoms with van der Waals surface area (Å²) >= 11 is 1.52. The monoisotopic (exact) mass is 409 g/mol. The number of benzene rings is 1. The van der Waals surface area contributed by atoms with Crippen molar-refractivity contribution >= 4 is 56.8 Å². The largest absolute Gasteiger partial charge is 0.333 e. The third-order valence-corrected chi connectivity index (χ3v) is 5.96. The number of aromatic nitrogens is 2. The first kappa shape index (κ1) is 19.0. The summed E-state index contributed by atoms with van der Waals surface area (Å²) in [5.74, 6) is 0.111. The molecule has 3 amide bonds. The molecule has 1 aliphatic heterocycles. The molecule has 1 N–H and O–H groups in total. The number of nitrogens with zero attached hydrogens (tertiary/aromatic N) is 4. The van der Waals surface area contributed by atoms with Crippen LogP contribution in [0, 0.1) is 0 Å². The normalized spacial score (nSPS) is 13.6. The van der Waals surface area contributed by atoms with Crippen LogP contribution in [-0.2, 0) is 9.59 Å². The summed E-state index contributed by atoms with van der Waals surface area (Å²) in [5.41, 5.74) is 3.27. The third kappa shape index (κ3) is 3.23. The summed E-state index contributed by atoms with van der Waals surface area (Å²) in [4.78, 5) is 47.5. The Hall–Kier alpha value is -3.33. The highest BCUT2D eigenvalue weighted by Gasteiger charge is 2.35. The van der Waals surface area contributed by atoms with Gasteiger partial charge in [0.25, 0.3) is 5.91 Å². The van der Waals surface area contributed by atoms with E-state index in [0.717, 1.165) is 21.5 Å². The quantitative estimate of drug-likeness (QED) is 0.603. The van der Waals surface area contributed by atoms with E-state index in [1.54, 1.807) is 28.9 Å². The van der Waals surface area contributed by atoms with E-state index in [2.05, 4.69) is 15.3 Å². The summed E-state index contributed by atoms with van der Waals surface area (Å²) in [7, 11) is 1.95. The van der Waals surface area contributed by atoms with Gasteiger partial charge in [-0.3, -0.25) is 29.6 Å². The standard InChI is InChI=1S/C20H19N5O3S/c1-12(6-7-16(27)23-10-26)25-19-18-13(4-3-5-14(18)20(25)28)15(8-22-19)24(2)17-9-21-11-29-17/h3-5,8-12H,6-7H2,1-2H3,(H,23,26,27). The van der Waals surface area contributed by atoms with Gasteiger partial charge >= 0.3 is 0 Å². The van der Waals surface area contributed by atoms with Crippen molar-refractivity contribution in [2.45, 2.75) is 25.8 Å². The number of pyridine rings is 1. The molecule has 29 heavy (non-hydrogen) atoms. The molecule has 9 heteroatoms. The summed E-state index contributed by atoms with van der Waals surface area (Å²) < 4.78 is 0. The Morgan fingerprint density at radius 1 is 1.38 bits per heavy atom. The number of rotatable bonds is 7. The van der Waals surface area contributed by atoms with E-state index in [9.17, 15) is 14.4 Å². The highest BCUT2D eigenvalue weighted by Crippen LogP contribution is 2.42. The van der Waals surface area contributed by atoms with Gasteiger partial charge in [-0.05, 0) is 19.4 Å². The predicted octanol–water partition coefficient (Wildman–Crippen LogP) is 2.86. The molecular weight excluding hydrogens is 390 g/mol. The van der Waals surface area contributed by atoms with Crippen LogP contribution in [0.3, 0.4) is 0 Å². The number of anilines is 3. The molecule has 1 unspecified atom stereocenters. The van der Waals surface area contributed by atoms with Crippen molar-refractivity contribution in [2.24, 2.45) is 0 Å². The second-order valence-corrected chi connectivity index (χ2v) is 7.71. The summed E-state index contributed by atoms with van der Waals surface area (Å²) in [6.45, 7) is 1.88. The van der Waals surface area contributed by atoms with Crippen LogP contribution in [0.1, 0.15) is 30.1 Å². The number of thiazole rings is 1. The average molecular weight is 409 g/mol. The van der Waals surface area contributed by atoms with Crippen molar-refractivity contribution in [3.8, 4) is 0 Å². The van der Waals surface area contributed by atoms with Gasteiger partial charge in [0.1, 0.15) is 10.8 Å². The number of hydrogen-bond acceptors (Lipinski definition) is 7. The molecule has 148 valence electrons. The van der Waals surface area contributed by atoms with Crippen molar-refractivity contribution in [1.29, 1.82) is 0 Å². The van der Waals surface area contributed by atoms with Crippen LogP contribution in [0.15, 0.2) is 36.1 Å². The maximum Gasteiger partial charge on any atom is 0.260 e. The fourth-order valence-electron chi connectivity index (χ4n) is 3.63. The average Bonchev–Trinajstić information content (AvgIpc) is 3.35. The molecule has 0 saturated heterocycles. The van der Waals surface area contributed by atoms with Gasteiger partial charge in [0.15, 0.2) is 0 Å². The van der Waals surface area contributed by atoms with E-state index in [4.69, 9.17) is 0 Å². The Bertz CT molecular complexity index is 1100. The van der Waals surface area contributed by atoms with E-state index in [1.807, 2.05) is 31.0 Å². The predicted molar refractivity (Wildman–Crippen MR) is 112 cm³/mol. The van der Waals surface area contributed by atoms with E-state index >= 15 is 0 Å². The summed E-state index contributed by atoms with van der Waals surface area (Å²) in [5, 5.41) is 4.85. The van der Waals surface area contributed by atoms with Gasteiger partial charge in [-0.25, -0.2) is 4.98 Å². The molecule has 1 aromatic carbocycles. The molecule has 0 saturated carbocycles. The van der Waals surface area contributed by atoms with Crippen LogP contribution >= 0.6 is 11.3 Å². The smallest absolute Gasteiger partial charge is 0.260 e. The number of carbonyl (C=O) groups is 3. The van der Waals surface area contributed by atoms with Crippen LogP contribution < -0.4 is 15.1 Å². The molecule has 2 aromatic heterocycles. The van der Waals surface area contributed by atoms with E-state index in [-0.39, 0.29) is 24.3 Å². The second kappa shape index (κ2) is 7.59. The molecule has 4 rings (SSSR count). The lowest BCUT2D eigenvalue weighted by Gasteiger charge is -2.25. The highest BCUT2D eigenvalue weighted by atomic mass is 32.1. The first-order valence-corrected chi connectivity index (χ1v) is 10.0. The van der Waals surface area contributed by atoms with Crippen molar-refractivity contribution in [1.82, 2.24) is 15.3 Å². The zero-order valence-electron chi connectivity index (χ0n) is 16.0. The van der Waals surface area contributed by atoms with Gasteiger partial charge in [0.2, 0.25) is 12.3 Å². The van der Waals surface area contributed by atoms with E-state index < -0.39 is 0 Å². The van der Waals surface area contributed by atoms with Crippen LogP contribution in [0.2, 0.25) is 0 Å². The number of carbonyl (C=O) groups excluding carboxylic acids is 3. The molecule has 0 radical (unpaired) electrons. The lowest BCUT2D eigenvalue weighted by Crippen LogP contribution is -2.37. The van der Waals surface area contributed by atoms with Gasteiger partial charge < -0.3 is 4.90 Å². The second-order valence-electron chi connectivity index (χ2n) is 6.84. The van der Waals surface area contributed by atoms with Gasteiger partial charge in [0.05, 0.1) is 29.2 Å². The molecule has 1 aliphatic rings. The fraction of sp³-hybridized carbons (Fsp3) is 0.250. The van der Waals surface area contributed by atoms with Gasteiger partial charge in [-0.15, -0.1) is 11.3 Å². The Labute approximate surface area is 171 Å². The van der Waals surface area contributed by atoms with Crippen LogP contribution in [0.4, 0.5) is 16.5 Å². The molecular formula is C20H19N5O3S. The third-order valence-electron chi connectivity index (χ3n) is 5.11. The Balaban J connectivity index is 1.71. The molecule has 0 bridgehead atoms. The first-order valence-electron chi connectivity index (χ1n) is 9.13. The lowest BCUT2D eigenvalue weighted by atomic mass is 10.1. The molecule has 3 heterocycles. The minimum Gasteiger partial charge on any atom is -0.333 e. The van der Waals surface area contributed by atoms with Crippen LogP contribution in [0.5, 0.6) is 0 Å². The molecule has 8 nitrogen and oxygen atoms in total. The number of nitrogens with one attached hydrogen (secondary N) is 1. The Morgan fingerprint density at radius 2 is 2.21 bits per heavy atom. The Morgan fingerprint density at radius 3 is 2.93 bits per heavy atom. The van der Waals surface area contributed by atoms with E-state index in [1.165, 1.54) is 11.3 Å². The maximum atomic E-state index is 13.1. The van der Waals surface area contributed by atoms with Crippen molar-refractivity contribution in [3.63, 3.8) is 0 Å². The number of hydrogen-bond donors (Lipinski definition) is 1. The van der Waals surface area contributed by atoms with Gasteiger partial charge in [0, 0.05) is 30.3 Å². The van der Waals surface area contributed by atoms with E-state index in [0.29, 0.717) is 24.2 Å². The minimum absolute atomic E-state index is 0.126. The number of imide groups is 1. The van der Waals surface area contributed by atoms with Crippen molar-refractivity contribution < 1.29 is 14.4 Å². The molecule has 3 aromatic rings. The van der Waals surface area contributed by atoms with Crippen molar-refractivity contribution in [2.75, 3.05) is 16.8 Å². The Kier molecular flexibility index (Phi) is 4.98. The van der Waals surface area contributed by atoms with Gasteiger partial charge in [-0.2, -0.15) is 0 Å². The van der Waals surface area contributed by atoms with Crippen LogP contribution in [-0.4, -0.2) is 41.3 Å². The SMILES string of the molecule is CC(CCC(=O)NC=O)N1C(=O)c2cccc3c(N(C)c4cncs4)cnc1c23. The maximum absolute atomic E-state index is 13.1. The zero-order chi connectivity index (χ0) is 20.5. The lowest BCUT2D eigenvalue weighted by molar-refractivity contribution is -0.125. The highest BCUT2D eigenvalue weighted by molar-refractivity contribution is 7.13. The molecule has 0 aliphatic carbocycles. The summed E-state index contributed by atoms with van der Waals surface area (Å²) in [6, 6.07) is 5.41. The zero-order valence-corrected chi connectivity index (χ0v) is 16.8. The molecule has 1 atom stereocenters. The minimum atomic E-state index is -0.365. The van der Waals surface area contributed by atoms with Crippen LogP contribution in [0.25, 0.3) is 10.8 Å². The topological polar surface area (TPSA) is 95.5 Å². The number of amides is 3. The van der Waals surface area contributed by atoms with Gasteiger partial charge in [-0.1, -0.05) is 12.1 Å². The molecule has 0 fully saturated rings. The summed E-state index contributed by atoms with van der Waals surface area (Å²) in [6.07, 6.45) is 4.49. The fourth-order valence-corrected chi connectivity index (χ4v) is 4.23. The van der Waals surface area contributed by atoms with Crippen molar-refractivity contribution in [3.05, 3.63) is 41.7 Å². The first-order chi connectivity index (χ1) is 14.0.